The molecule has 0 radical (unpaired) electrons. The highest BCUT2D eigenvalue weighted by Crippen LogP contribution is 2.25. The topological polar surface area (TPSA) is 51.8 Å². The third-order valence-corrected chi connectivity index (χ3v) is 1.19. The molecule has 1 aromatic heterocycles. The molecule has 0 aliphatic carbocycles. The predicted octanol–water partition coefficient (Wildman–Crippen LogP) is 1.38. The molecular formula is C6H7ClF3N3. The first-order valence-corrected chi connectivity index (χ1v) is 3.12. The third kappa shape index (κ3) is 3.16. The van der Waals surface area contributed by atoms with Crippen LogP contribution in [0.2, 0.25) is 0 Å². The summed E-state index contributed by atoms with van der Waals surface area (Å²) in [6.07, 6.45) is -2.35. The summed E-state index contributed by atoms with van der Waals surface area (Å²) in [6.45, 7) is 0.137. The van der Waals surface area contributed by atoms with Crippen molar-refractivity contribution in [3.05, 3.63) is 23.8 Å². The molecule has 13 heavy (non-hydrogen) atoms. The largest absolute Gasteiger partial charge is 0.451 e. The van der Waals surface area contributed by atoms with Gasteiger partial charge in [-0.25, -0.2) is 9.97 Å². The quantitative estimate of drug-likeness (QED) is 0.767. The summed E-state index contributed by atoms with van der Waals surface area (Å²) in [5.41, 5.74) is 5.62. The molecule has 0 aromatic carbocycles. The van der Waals surface area contributed by atoms with Crippen LogP contribution < -0.4 is 5.73 Å². The second-order valence-corrected chi connectivity index (χ2v) is 2.12. The van der Waals surface area contributed by atoms with Crippen LogP contribution in [0.5, 0.6) is 0 Å². The molecule has 0 aliphatic rings. The Morgan fingerprint density at radius 1 is 1.23 bits per heavy atom. The monoisotopic (exact) mass is 213 g/mol. The van der Waals surface area contributed by atoms with Crippen molar-refractivity contribution in [2.45, 2.75) is 12.7 Å². The molecule has 0 aliphatic heterocycles. The second-order valence-electron chi connectivity index (χ2n) is 2.12. The van der Waals surface area contributed by atoms with Crippen LogP contribution in [-0.4, -0.2) is 9.97 Å². The average molecular weight is 214 g/mol. The van der Waals surface area contributed by atoms with E-state index in [1.807, 2.05) is 0 Å². The van der Waals surface area contributed by atoms with E-state index in [1.165, 1.54) is 0 Å². The molecule has 0 saturated heterocycles. The van der Waals surface area contributed by atoms with Gasteiger partial charge < -0.3 is 5.73 Å². The Morgan fingerprint density at radius 3 is 2.00 bits per heavy atom. The van der Waals surface area contributed by atoms with Gasteiger partial charge in [-0.05, 0) is 0 Å². The normalized spacial score (nSPS) is 10.8. The van der Waals surface area contributed by atoms with E-state index in [9.17, 15) is 13.2 Å². The maximum Gasteiger partial charge on any atom is 0.451 e. The number of aromatic nitrogens is 2. The van der Waals surface area contributed by atoms with Gasteiger partial charge in [-0.15, -0.1) is 12.4 Å². The van der Waals surface area contributed by atoms with E-state index in [-0.39, 0.29) is 19.0 Å². The zero-order chi connectivity index (χ0) is 9.19. The molecular weight excluding hydrogens is 207 g/mol. The van der Waals surface area contributed by atoms with Crippen LogP contribution in [-0.2, 0) is 12.7 Å². The highest BCUT2D eigenvalue weighted by Gasteiger charge is 2.34. The van der Waals surface area contributed by atoms with Crippen LogP contribution in [0.4, 0.5) is 13.2 Å². The van der Waals surface area contributed by atoms with Crippen molar-refractivity contribution >= 4 is 12.4 Å². The minimum absolute atomic E-state index is 0. The average Bonchev–Trinajstić information content (AvgIpc) is 2.03. The van der Waals surface area contributed by atoms with Crippen molar-refractivity contribution in [2.24, 2.45) is 5.73 Å². The van der Waals surface area contributed by atoms with Gasteiger partial charge in [0.2, 0.25) is 5.82 Å². The van der Waals surface area contributed by atoms with Crippen molar-refractivity contribution in [3.63, 3.8) is 0 Å². The van der Waals surface area contributed by atoms with Gasteiger partial charge in [0, 0.05) is 24.5 Å². The lowest BCUT2D eigenvalue weighted by molar-refractivity contribution is -0.145. The second kappa shape index (κ2) is 4.38. The van der Waals surface area contributed by atoms with E-state index in [0.717, 1.165) is 12.4 Å². The van der Waals surface area contributed by atoms with Crippen molar-refractivity contribution in [3.8, 4) is 0 Å². The number of hydrogen-bond acceptors (Lipinski definition) is 3. The Kier molecular flexibility index (Phi) is 4.09. The summed E-state index contributed by atoms with van der Waals surface area (Å²) in [7, 11) is 0. The predicted molar refractivity (Wildman–Crippen MR) is 42.2 cm³/mol. The molecule has 0 fully saturated rings. The molecule has 0 unspecified atom stereocenters. The molecule has 3 nitrogen and oxygen atoms in total. The minimum Gasteiger partial charge on any atom is -0.326 e. The number of hydrogen-bond donors (Lipinski definition) is 1. The molecule has 1 aromatic rings. The molecule has 74 valence electrons. The fourth-order valence-electron chi connectivity index (χ4n) is 0.607. The first kappa shape index (κ1) is 12.1. The first-order chi connectivity index (χ1) is 5.54. The van der Waals surface area contributed by atoms with Gasteiger partial charge >= 0.3 is 6.18 Å². The van der Waals surface area contributed by atoms with Gasteiger partial charge in [0.25, 0.3) is 0 Å². The van der Waals surface area contributed by atoms with Crippen LogP contribution in [0, 0.1) is 0 Å². The maximum atomic E-state index is 11.9. The van der Waals surface area contributed by atoms with Gasteiger partial charge in [-0.3, -0.25) is 0 Å². The van der Waals surface area contributed by atoms with E-state index in [1.54, 1.807) is 0 Å². The lowest BCUT2D eigenvalue weighted by atomic mass is 10.3. The fourth-order valence-corrected chi connectivity index (χ4v) is 0.607. The summed E-state index contributed by atoms with van der Waals surface area (Å²) in [5.74, 6) is -1.14. The molecule has 0 atom stereocenters. The van der Waals surface area contributed by atoms with Gasteiger partial charge in [0.1, 0.15) is 0 Å². The summed E-state index contributed by atoms with van der Waals surface area (Å²) < 4.78 is 35.6. The van der Waals surface area contributed by atoms with E-state index in [0.29, 0.717) is 5.56 Å². The SMILES string of the molecule is Cl.NCc1cnc(C(F)(F)F)nc1. The van der Waals surface area contributed by atoms with E-state index in [2.05, 4.69) is 9.97 Å². The summed E-state index contributed by atoms with van der Waals surface area (Å²) in [4.78, 5) is 6.21. The minimum atomic E-state index is -4.48. The number of alkyl halides is 3. The van der Waals surface area contributed by atoms with E-state index in [4.69, 9.17) is 5.73 Å². The zero-order valence-electron chi connectivity index (χ0n) is 6.38. The Morgan fingerprint density at radius 2 is 1.69 bits per heavy atom. The molecule has 0 amide bonds. The number of rotatable bonds is 1. The number of nitrogens with two attached hydrogens (primary N) is 1. The van der Waals surface area contributed by atoms with Gasteiger partial charge in [0.15, 0.2) is 0 Å². The maximum absolute atomic E-state index is 11.9. The van der Waals surface area contributed by atoms with Crippen molar-refractivity contribution < 1.29 is 13.2 Å². The molecule has 2 N–H and O–H groups in total. The van der Waals surface area contributed by atoms with Gasteiger partial charge in [0.05, 0.1) is 0 Å². The lowest BCUT2D eigenvalue weighted by Gasteiger charge is -2.03. The Labute approximate surface area is 78.6 Å². The van der Waals surface area contributed by atoms with Gasteiger partial charge in [-0.2, -0.15) is 13.2 Å². The van der Waals surface area contributed by atoms with E-state index >= 15 is 0 Å². The molecule has 0 saturated carbocycles. The molecule has 1 rings (SSSR count). The fraction of sp³-hybridized carbons (Fsp3) is 0.333. The molecule has 7 heteroatoms. The number of halogens is 4. The summed E-state index contributed by atoms with van der Waals surface area (Å²) >= 11 is 0. The summed E-state index contributed by atoms with van der Waals surface area (Å²) in [6, 6.07) is 0. The summed E-state index contributed by atoms with van der Waals surface area (Å²) in [5, 5.41) is 0. The van der Waals surface area contributed by atoms with Crippen LogP contribution in [0.15, 0.2) is 12.4 Å². The Bertz CT molecular complexity index is 259. The van der Waals surface area contributed by atoms with Crippen LogP contribution in [0.25, 0.3) is 0 Å². The standard InChI is InChI=1S/C6H6F3N3.ClH/c7-6(8,9)5-11-2-4(1-10)3-12-5;/h2-3H,1,10H2;1H. The van der Waals surface area contributed by atoms with Crippen LogP contribution in [0.3, 0.4) is 0 Å². The Hall–Kier alpha value is -0.880. The Balaban J connectivity index is 0.00000144. The molecule has 1 heterocycles. The van der Waals surface area contributed by atoms with Gasteiger partial charge in [-0.1, -0.05) is 0 Å². The zero-order valence-corrected chi connectivity index (χ0v) is 7.19. The van der Waals surface area contributed by atoms with Crippen LogP contribution >= 0.6 is 12.4 Å². The lowest BCUT2D eigenvalue weighted by Crippen LogP contribution is -2.11. The highest BCUT2D eigenvalue weighted by molar-refractivity contribution is 5.85. The third-order valence-electron chi connectivity index (χ3n) is 1.19. The van der Waals surface area contributed by atoms with Crippen molar-refractivity contribution in [1.29, 1.82) is 0 Å². The molecule has 0 spiro atoms. The van der Waals surface area contributed by atoms with Crippen LogP contribution in [0.1, 0.15) is 11.4 Å². The first-order valence-electron chi connectivity index (χ1n) is 3.12. The van der Waals surface area contributed by atoms with Crippen molar-refractivity contribution in [1.82, 2.24) is 9.97 Å². The molecule has 0 bridgehead atoms. The smallest absolute Gasteiger partial charge is 0.326 e. The van der Waals surface area contributed by atoms with Crippen molar-refractivity contribution in [2.75, 3.05) is 0 Å². The highest BCUT2D eigenvalue weighted by atomic mass is 35.5. The number of nitrogens with zero attached hydrogens (tertiary/aromatic N) is 2. The van der Waals surface area contributed by atoms with E-state index < -0.39 is 12.0 Å².